The Morgan fingerprint density at radius 2 is 1.73 bits per heavy atom. The summed E-state index contributed by atoms with van der Waals surface area (Å²) in [5.41, 5.74) is 1.07. The van der Waals surface area contributed by atoms with E-state index in [2.05, 4.69) is 33.0 Å². The maximum Gasteiger partial charge on any atom is 0.269 e. The lowest BCUT2D eigenvalue weighted by atomic mass is 9.99. The Hall–Kier alpha value is -1.81. The minimum absolute atomic E-state index is 0.0213. The highest BCUT2D eigenvalue weighted by atomic mass is 79.9. The normalized spacial score (nSPS) is 21.1. The predicted octanol–water partition coefficient (Wildman–Crippen LogP) is 3.89. The number of non-ortho nitro benzene ring substituents is 1. The number of benzene rings is 2. The molecule has 2 atom stereocenters. The Bertz CT molecular complexity index is 968. The monoisotopic (exact) mass is 495 g/mol. The summed E-state index contributed by atoms with van der Waals surface area (Å²) >= 11 is 3.56. The maximum atomic E-state index is 13.4. The summed E-state index contributed by atoms with van der Waals surface area (Å²) in [6, 6.07) is 15.1. The maximum absolute atomic E-state index is 13.4. The Morgan fingerprint density at radius 1 is 1.10 bits per heavy atom. The van der Waals surface area contributed by atoms with Crippen LogP contribution in [0.5, 0.6) is 0 Å². The molecular weight excluding hydrogens is 470 g/mol. The highest BCUT2D eigenvalue weighted by Gasteiger charge is 2.41. The molecule has 1 fully saturated rings. The molecule has 1 aliphatic rings. The van der Waals surface area contributed by atoms with Crippen molar-refractivity contribution in [2.75, 3.05) is 18.4 Å². The molecule has 1 saturated heterocycles. The number of piperazine rings is 1. The minimum Gasteiger partial charge on any atom is -0.292 e. The van der Waals surface area contributed by atoms with Gasteiger partial charge in [-0.05, 0) is 23.6 Å². The number of nitrogens with zero attached hydrogens (tertiary/aromatic N) is 3. The lowest BCUT2D eigenvalue weighted by Crippen LogP contribution is -2.61. The molecule has 0 aliphatic carbocycles. The van der Waals surface area contributed by atoms with Crippen molar-refractivity contribution < 1.29 is 13.3 Å². The average Bonchev–Trinajstić information content (AvgIpc) is 2.74. The van der Waals surface area contributed by atoms with Crippen LogP contribution in [-0.2, 0) is 16.6 Å². The molecule has 1 aliphatic heterocycles. The van der Waals surface area contributed by atoms with Gasteiger partial charge in [-0.1, -0.05) is 60.1 Å². The van der Waals surface area contributed by atoms with E-state index in [1.165, 1.54) is 29.8 Å². The van der Waals surface area contributed by atoms with Gasteiger partial charge in [0, 0.05) is 49.2 Å². The van der Waals surface area contributed by atoms with E-state index in [-0.39, 0.29) is 28.6 Å². The highest BCUT2D eigenvalue weighted by molar-refractivity contribution is 9.09. The van der Waals surface area contributed by atoms with Crippen molar-refractivity contribution in [3.05, 3.63) is 70.3 Å². The van der Waals surface area contributed by atoms with Crippen molar-refractivity contribution in [3.63, 3.8) is 0 Å². The summed E-state index contributed by atoms with van der Waals surface area (Å²) in [4.78, 5) is 12.8. The van der Waals surface area contributed by atoms with Crippen LogP contribution in [0.15, 0.2) is 59.5 Å². The molecule has 30 heavy (non-hydrogen) atoms. The number of nitro benzene ring substituents is 1. The molecule has 0 radical (unpaired) electrons. The van der Waals surface area contributed by atoms with Crippen LogP contribution < -0.4 is 0 Å². The molecule has 162 valence electrons. The van der Waals surface area contributed by atoms with Crippen LogP contribution in [0.2, 0.25) is 0 Å². The molecular formula is C21H26BrN3O4S. The molecule has 0 amide bonds. The van der Waals surface area contributed by atoms with E-state index in [0.717, 1.165) is 6.54 Å². The molecule has 0 bridgehead atoms. The molecule has 9 heteroatoms. The molecule has 0 aromatic heterocycles. The average molecular weight is 496 g/mol. The van der Waals surface area contributed by atoms with E-state index in [4.69, 9.17) is 0 Å². The third-order valence-electron chi connectivity index (χ3n) is 5.53. The molecule has 0 spiro atoms. The lowest BCUT2D eigenvalue weighted by molar-refractivity contribution is -0.384. The second kappa shape index (κ2) is 9.55. The number of halogens is 1. The van der Waals surface area contributed by atoms with Crippen molar-refractivity contribution >= 4 is 31.6 Å². The van der Waals surface area contributed by atoms with Crippen LogP contribution in [-0.4, -0.2) is 53.0 Å². The van der Waals surface area contributed by atoms with Gasteiger partial charge in [-0.3, -0.25) is 15.0 Å². The van der Waals surface area contributed by atoms with Crippen LogP contribution in [0.1, 0.15) is 19.4 Å². The van der Waals surface area contributed by atoms with Gasteiger partial charge in [-0.25, -0.2) is 8.42 Å². The zero-order valence-corrected chi connectivity index (χ0v) is 19.4. The first-order valence-corrected chi connectivity index (χ1v) is 12.4. The molecule has 0 unspecified atom stereocenters. The Labute approximate surface area is 186 Å². The summed E-state index contributed by atoms with van der Waals surface area (Å²) in [6.45, 7) is 5.79. The van der Waals surface area contributed by atoms with E-state index in [1.807, 2.05) is 32.0 Å². The lowest BCUT2D eigenvalue weighted by Gasteiger charge is -2.46. The van der Waals surface area contributed by atoms with Crippen LogP contribution in [0.3, 0.4) is 0 Å². The smallest absolute Gasteiger partial charge is 0.269 e. The summed E-state index contributed by atoms with van der Waals surface area (Å²) in [5, 5.41) is 11.6. The topological polar surface area (TPSA) is 83.8 Å². The molecule has 3 rings (SSSR count). The first-order chi connectivity index (χ1) is 14.2. The second-order valence-corrected chi connectivity index (χ2v) is 10.4. The van der Waals surface area contributed by atoms with Crippen molar-refractivity contribution in [1.29, 1.82) is 0 Å². The first-order valence-electron chi connectivity index (χ1n) is 9.84. The standard InChI is InChI=1S/C21H26BrN3O4S/c1-16(2)21-15-23(13-17-6-4-3-5-7-17)19(12-22)14-24(21)30(28,29)20-10-8-18(9-11-20)25(26)27/h3-11,16,19,21H,12-15H2,1-2H3/t19-,21+/m0/s1. The van der Waals surface area contributed by atoms with Gasteiger partial charge >= 0.3 is 0 Å². The van der Waals surface area contributed by atoms with E-state index in [1.54, 1.807) is 4.31 Å². The number of sulfonamides is 1. The molecule has 2 aromatic rings. The van der Waals surface area contributed by atoms with Gasteiger partial charge < -0.3 is 0 Å². The van der Waals surface area contributed by atoms with Crippen molar-refractivity contribution in [1.82, 2.24) is 9.21 Å². The van der Waals surface area contributed by atoms with E-state index < -0.39 is 14.9 Å². The largest absolute Gasteiger partial charge is 0.292 e. The van der Waals surface area contributed by atoms with Gasteiger partial charge in [0.2, 0.25) is 10.0 Å². The molecule has 0 N–H and O–H groups in total. The third kappa shape index (κ3) is 4.91. The Morgan fingerprint density at radius 3 is 2.27 bits per heavy atom. The van der Waals surface area contributed by atoms with Gasteiger partial charge in [-0.15, -0.1) is 0 Å². The zero-order chi connectivity index (χ0) is 21.9. The van der Waals surface area contributed by atoms with Gasteiger partial charge in [0.15, 0.2) is 0 Å². The summed E-state index contributed by atoms with van der Waals surface area (Å²) < 4.78 is 28.4. The number of rotatable bonds is 7. The van der Waals surface area contributed by atoms with Gasteiger partial charge in [0.1, 0.15) is 0 Å². The molecule has 1 heterocycles. The highest BCUT2D eigenvalue weighted by Crippen LogP contribution is 2.30. The van der Waals surface area contributed by atoms with Crippen molar-refractivity contribution in [2.24, 2.45) is 5.92 Å². The predicted molar refractivity (Wildman–Crippen MR) is 120 cm³/mol. The first kappa shape index (κ1) is 22.9. The molecule has 7 nitrogen and oxygen atoms in total. The molecule has 2 aromatic carbocycles. The molecule has 0 saturated carbocycles. The van der Waals surface area contributed by atoms with Gasteiger partial charge in [-0.2, -0.15) is 4.31 Å². The van der Waals surface area contributed by atoms with E-state index >= 15 is 0 Å². The van der Waals surface area contributed by atoms with E-state index in [0.29, 0.717) is 18.4 Å². The van der Waals surface area contributed by atoms with Crippen LogP contribution in [0.25, 0.3) is 0 Å². The van der Waals surface area contributed by atoms with Crippen LogP contribution in [0, 0.1) is 16.0 Å². The third-order valence-corrected chi connectivity index (χ3v) is 8.18. The summed E-state index contributed by atoms with van der Waals surface area (Å²) in [7, 11) is -3.77. The summed E-state index contributed by atoms with van der Waals surface area (Å²) in [6.07, 6.45) is 0. The Kier molecular flexibility index (Phi) is 7.28. The van der Waals surface area contributed by atoms with Gasteiger partial charge in [0.05, 0.1) is 9.82 Å². The fraction of sp³-hybridized carbons (Fsp3) is 0.429. The quantitative estimate of drug-likeness (QED) is 0.330. The second-order valence-electron chi connectivity index (χ2n) is 7.86. The number of nitro groups is 1. The van der Waals surface area contributed by atoms with E-state index in [9.17, 15) is 18.5 Å². The number of alkyl halides is 1. The van der Waals surface area contributed by atoms with Crippen LogP contribution >= 0.6 is 15.9 Å². The summed E-state index contributed by atoms with van der Waals surface area (Å²) in [5.74, 6) is 0.118. The fourth-order valence-corrected chi connectivity index (χ4v) is 6.19. The SMILES string of the molecule is CC(C)[C@H]1CN(Cc2ccccc2)[C@@H](CBr)CN1S(=O)(=O)c1ccc([N+](=O)[O-])cc1. The fourth-order valence-electron chi connectivity index (χ4n) is 3.79. The van der Waals surface area contributed by atoms with Crippen molar-refractivity contribution in [3.8, 4) is 0 Å². The number of hydrogen-bond donors (Lipinski definition) is 0. The zero-order valence-electron chi connectivity index (χ0n) is 17.0. The minimum atomic E-state index is -3.77. The van der Waals surface area contributed by atoms with Crippen molar-refractivity contribution in [2.45, 2.75) is 37.4 Å². The number of hydrogen-bond acceptors (Lipinski definition) is 5. The Balaban J connectivity index is 1.89. The van der Waals surface area contributed by atoms with Crippen LogP contribution in [0.4, 0.5) is 5.69 Å². The van der Waals surface area contributed by atoms with Gasteiger partial charge in [0.25, 0.3) is 5.69 Å².